The third kappa shape index (κ3) is 2.13. The summed E-state index contributed by atoms with van der Waals surface area (Å²) >= 11 is 0. The van der Waals surface area contributed by atoms with Gasteiger partial charge in [0, 0.05) is 0 Å². The van der Waals surface area contributed by atoms with Crippen LogP contribution in [0, 0.1) is 6.57 Å². The summed E-state index contributed by atoms with van der Waals surface area (Å²) in [4.78, 5) is 3.04. The number of halogens is 3. The van der Waals surface area contributed by atoms with Gasteiger partial charge < -0.3 is 0 Å². The molecular weight excluding hydrogens is 191 g/mol. The minimum Gasteiger partial charge on any atom is -0.238 e. The molecule has 1 aromatic carbocycles. The molecule has 0 heterocycles. The molecule has 0 saturated heterocycles. The Labute approximate surface area is 79.3 Å². The number of rotatable bonds is 1. The third-order valence-corrected chi connectivity index (χ3v) is 1.67. The average Bonchev–Trinajstić information content (AvgIpc) is 2.15. The van der Waals surface area contributed by atoms with E-state index >= 15 is 0 Å². The number of hydrogen-bond acceptors (Lipinski definition) is 0. The summed E-state index contributed by atoms with van der Waals surface area (Å²) in [6, 6.07) is 5.30. The lowest BCUT2D eigenvalue weighted by Gasteiger charge is -2.09. The van der Waals surface area contributed by atoms with Crippen LogP contribution in [-0.4, -0.2) is 6.18 Å². The number of nitrogens with zero attached hydrogens (tertiary/aromatic N) is 1. The summed E-state index contributed by atoms with van der Waals surface area (Å²) in [6.45, 7) is 9.60. The van der Waals surface area contributed by atoms with Crippen molar-refractivity contribution >= 4 is 11.3 Å². The second-order valence-corrected chi connectivity index (χ2v) is 2.64. The van der Waals surface area contributed by atoms with E-state index in [9.17, 15) is 13.2 Å². The van der Waals surface area contributed by atoms with E-state index in [4.69, 9.17) is 6.57 Å². The molecule has 0 amide bonds. The third-order valence-electron chi connectivity index (χ3n) is 1.67. The Morgan fingerprint density at radius 1 is 1.36 bits per heavy atom. The average molecular weight is 197 g/mol. The van der Waals surface area contributed by atoms with Crippen LogP contribution in [0.2, 0.25) is 0 Å². The summed E-state index contributed by atoms with van der Waals surface area (Å²) in [5, 5.41) is 0. The van der Waals surface area contributed by atoms with Crippen LogP contribution in [-0.2, 0) is 0 Å². The van der Waals surface area contributed by atoms with Crippen molar-refractivity contribution in [2.24, 2.45) is 0 Å². The molecule has 0 unspecified atom stereocenters. The van der Waals surface area contributed by atoms with Crippen molar-refractivity contribution in [2.45, 2.75) is 6.18 Å². The van der Waals surface area contributed by atoms with Crippen LogP contribution >= 0.6 is 0 Å². The first-order chi connectivity index (χ1) is 6.45. The van der Waals surface area contributed by atoms with Gasteiger partial charge in [-0.1, -0.05) is 24.8 Å². The van der Waals surface area contributed by atoms with Gasteiger partial charge in [-0.15, -0.1) is 0 Å². The summed E-state index contributed by atoms with van der Waals surface area (Å²) in [5.74, 6) is 0. The molecule has 0 aliphatic carbocycles. The van der Waals surface area contributed by atoms with Crippen LogP contribution in [0.4, 0.5) is 18.9 Å². The minimum atomic E-state index is -4.44. The lowest BCUT2D eigenvalue weighted by Crippen LogP contribution is -2.09. The molecule has 0 aliphatic heterocycles. The van der Waals surface area contributed by atoms with Crippen LogP contribution in [0.1, 0.15) is 5.56 Å². The molecule has 0 N–H and O–H groups in total. The van der Waals surface area contributed by atoms with Gasteiger partial charge in [0.05, 0.1) is 12.1 Å². The highest BCUT2D eigenvalue weighted by atomic mass is 19.4. The minimum absolute atomic E-state index is 0.0639. The normalized spacial score (nSPS) is 10.7. The molecule has 0 spiro atoms. The van der Waals surface area contributed by atoms with Gasteiger partial charge in [-0.3, -0.25) is 0 Å². The van der Waals surface area contributed by atoms with Gasteiger partial charge in [-0.25, -0.2) is 4.85 Å². The van der Waals surface area contributed by atoms with Gasteiger partial charge in [0.1, 0.15) is 0 Å². The van der Waals surface area contributed by atoms with Crippen LogP contribution in [0.25, 0.3) is 10.4 Å². The Bertz CT molecular complexity index is 399. The Morgan fingerprint density at radius 2 is 2.00 bits per heavy atom. The fourth-order valence-electron chi connectivity index (χ4n) is 0.927. The Morgan fingerprint density at radius 3 is 2.50 bits per heavy atom. The molecule has 1 rings (SSSR count). The maximum Gasteiger partial charge on any atom is 0.416 e. The second kappa shape index (κ2) is 3.54. The van der Waals surface area contributed by atoms with Gasteiger partial charge >= 0.3 is 6.18 Å². The first-order valence-electron chi connectivity index (χ1n) is 3.69. The largest absolute Gasteiger partial charge is 0.416 e. The van der Waals surface area contributed by atoms with Crippen molar-refractivity contribution in [1.29, 1.82) is 0 Å². The van der Waals surface area contributed by atoms with Gasteiger partial charge in [0.2, 0.25) is 0 Å². The zero-order valence-corrected chi connectivity index (χ0v) is 7.10. The Hall–Kier alpha value is -1.76. The molecule has 0 aromatic heterocycles. The van der Waals surface area contributed by atoms with Gasteiger partial charge in [0.15, 0.2) is 5.69 Å². The summed E-state index contributed by atoms with van der Waals surface area (Å²) in [7, 11) is 0. The highest BCUT2D eigenvalue weighted by molar-refractivity contribution is 5.70. The van der Waals surface area contributed by atoms with E-state index in [2.05, 4.69) is 11.4 Å². The molecule has 0 atom stereocenters. The molecular formula is C10H6F3N. The van der Waals surface area contributed by atoms with E-state index in [-0.39, 0.29) is 11.3 Å². The van der Waals surface area contributed by atoms with Crippen LogP contribution in [0.3, 0.4) is 0 Å². The first kappa shape index (κ1) is 10.3. The van der Waals surface area contributed by atoms with Gasteiger partial charge in [-0.2, -0.15) is 13.2 Å². The summed E-state index contributed by atoms with van der Waals surface area (Å²) < 4.78 is 36.6. The molecule has 1 nitrogen and oxygen atoms in total. The van der Waals surface area contributed by atoms with Gasteiger partial charge in [-0.05, 0) is 11.6 Å². The number of hydrogen-bond donors (Lipinski definition) is 0. The van der Waals surface area contributed by atoms with Crippen molar-refractivity contribution in [3.63, 3.8) is 0 Å². The quantitative estimate of drug-likeness (QED) is 0.603. The van der Waals surface area contributed by atoms with Gasteiger partial charge in [0.25, 0.3) is 0 Å². The van der Waals surface area contributed by atoms with E-state index in [0.717, 1.165) is 0 Å². The summed E-state index contributed by atoms with van der Waals surface area (Å²) in [5.41, 5.74) is -0.818. The highest BCUT2D eigenvalue weighted by Gasteiger charge is 2.32. The van der Waals surface area contributed by atoms with Crippen LogP contribution < -0.4 is 0 Å². The smallest absolute Gasteiger partial charge is 0.238 e. The maximum absolute atomic E-state index is 12.2. The lowest BCUT2D eigenvalue weighted by atomic mass is 10.1. The van der Waals surface area contributed by atoms with Crippen LogP contribution in [0.5, 0.6) is 0 Å². The molecule has 0 bridgehead atoms. The second-order valence-electron chi connectivity index (χ2n) is 2.64. The molecule has 4 heteroatoms. The SMILES string of the molecule is [C-]#[N+]c1cccc(C(=C)C(F)(F)F)c1. The predicted molar refractivity (Wildman–Crippen MR) is 47.8 cm³/mol. The van der Waals surface area contributed by atoms with Crippen molar-refractivity contribution in [1.82, 2.24) is 0 Å². The Kier molecular flexibility index (Phi) is 2.61. The predicted octanol–water partition coefficient (Wildman–Crippen LogP) is 3.81. The Balaban J connectivity index is 3.10. The monoisotopic (exact) mass is 197 g/mol. The zero-order chi connectivity index (χ0) is 10.8. The first-order valence-corrected chi connectivity index (χ1v) is 3.69. The van der Waals surface area contributed by atoms with Crippen molar-refractivity contribution in [3.8, 4) is 0 Å². The van der Waals surface area contributed by atoms with E-state index < -0.39 is 11.7 Å². The lowest BCUT2D eigenvalue weighted by molar-refractivity contribution is -0.0686. The van der Waals surface area contributed by atoms with E-state index in [1.165, 1.54) is 24.3 Å². The number of benzene rings is 1. The van der Waals surface area contributed by atoms with Crippen molar-refractivity contribution in [3.05, 3.63) is 47.8 Å². The fourth-order valence-corrected chi connectivity index (χ4v) is 0.927. The van der Waals surface area contributed by atoms with Crippen LogP contribution in [0.15, 0.2) is 30.8 Å². The standard InChI is InChI=1S/C10H6F3N/c1-7(10(11,12)13)8-4-3-5-9(6-8)14-2/h3-6H,1H2. The zero-order valence-electron chi connectivity index (χ0n) is 7.10. The molecule has 0 saturated carbocycles. The van der Waals surface area contributed by atoms with Crippen molar-refractivity contribution < 1.29 is 13.2 Å². The number of alkyl halides is 3. The molecule has 0 radical (unpaired) electrons. The van der Waals surface area contributed by atoms with Crippen molar-refractivity contribution in [2.75, 3.05) is 0 Å². The van der Waals surface area contributed by atoms with E-state index in [1.807, 2.05) is 0 Å². The molecule has 0 fully saturated rings. The number of allylic oxidation sites excluding steroid dienone is 1. The maximum atomic E-state index is 12.2. The topological polar surface area (TPSA) is 4.36 Å². The molecule has 14 heavy (non-hydrogen) atoms. The highest BCUT2D eigenvalue weighted by Crippen LogP contribution is 2.33. The molecule has 1 aromatic rings. The fraction of sp³-hybridized carbons (Fsp3) is 0.100. The van der Waals surface area contributed by atoms with E-state index in [0.29, 0.717) is 0 Å². The molecule has 72 valence electrons. The summed E-state index contributed by atoms with van der Waals surface area (Å²) in [6.07, 6.45) is -4.44. The van der Waals surface area contributed by atoms with E-state index in [1.54, 1.807) is 0 Å². The molecule has 0 aliphatic rings.